The molecule has 4 aromatic carbocycles. The molecule has 4 heterocycles. The Bertz CT molecular complexity index is 1780. The van der Waals surface area contributed by atoms with Crippen molar-refractivity contribution in [1.82, 2.24) is 0 Å². The summed E-state index contributed by atoms with van der Waals surface area (Å²) in [6, 6.07) is 18.2. The van der Waals surface area contributed by atoms with Crippen LogP contribution in [0.25, 0.3) is 0 Å². The number of aryl methyl sites for hydroxylation is 6. The fourth-order valence-corrected chi connectivity index (χ4v) is 7.51. The van der Waals surface area contributed by atoms with Gasteiger partial charge < -0.3 is 37.9 Å². The first-order chi connectivity index (χ1) is 25.6. The van der Waals surface area contributed by atoms with Gasteiger partial charge in [-0.3, -0.25) is 0 Å². The molecule has 4 atom stereocenters. The van der Waals surface area contributed by atoms with Gasteiger partial charge in [0.15, 0.2) is 0 Å². The van der Waals surface area contributed by atoms with Crippen LogP contribution in [0.1, 0.15) is 66.8 Å². The molecule has 0 aliphatic carbocycles. The maximum absolute atomic E-state index is 6.45. The topological polar surface area (TPSA) is 87.0 Å². The summed E-state index contributed by atoms with van der Waals surface area (Å²) < 4.78 is 46.9. The third-order valence-electron chi connectivity index (χ3n) is 10.3. The third-order valence-corrected chi connectivity index (χ3v) is 10.3. The Hall–Kier alpha value is -4.08. The Balaban J connectivity index is 1.07. The van der Waals surface area contributed by atoms with Crippen LogP contribution in [0.15, 0.2) is 48.5 Å². The molecule has 4 fully saturated rings. The van der Waals surface area contributed by atoms with Crippen molar-refractivity contribution in [1.29, 1.82) is 0 Å². The molecule has 4 aliphatic rings. The van der Waals surface area contributed by atoms with E-state index in [1.807, 2.05) is 0 Å². The monoisotopic (exact) mass is 720 g/mol. The average molecular weight is 721 g/mol. The van der Waals surface area contributed by atoms with Crippen LogP contribution in [0.5, 0.6) is 23.0 Å². The molecular weight excluding hydrogens is 668 g/mol. The van der Waals surface area contributed by atoms with Crippen molar-refractivity contribution in [2.75, 3.05) is 52.9 Å². The summed E-state index contributed by atoms with van der Waals surface area (Å²) in [5.41, 5.74) is 14.2. The molecule has 8 rings (SSSR count). The first-order valence-electron chi connectivity index (χ1n) is 19.1. The van der Waals surface area contributed by atoms with Crippen molar-refractivity contribution < 1.29 is 37.9 Å². The Morgan fingerprint density at radius 3 is 0.906 bits per heavy atom. The summed E-state index contributed by atoms with van der Waals surface area (Å²) in [5.74, 6) is 3.82. The van der Waals surface area contributed by atoms with Crippen molar-refractivity contribution in [3.63, 3.8) is 0 Å². The highest BCUT2D eigenvalue weighted by Crippen LogP contribution is 2.35. The first-order valence-corrected chi connectivity index (χ1v) is 19.1. The van der Waals surface area contributed by atoms with E-state index in [1.165, 1.54) is 33.4 Å². The molecule has 4 aromatic rings. The molecule has 0 saturated carbocycles. The van der Waals surface area contributed by atoms with Crippen molar-refractivity contribution in [2.45, 2.75) is 85.2 Å². The quantitative estimate of drug-likeness (QED) is 0.0983. The number of rotatable bonds is 18. The van der Waals surface area contributed by atoms with Crippen LogP contribution < -0.4 is 18.9 Å². The SMILES string of the molecule is Cc1cc(Cc2cc(Cc3cc(C)c(OCC4CO4)c(Cc4cc(C)c(OCC5CO5)c(C)c4)c3)cc(C)c2OCC2CO2)cc(C)c1OCC1CO1. The molecule has 4 saturated heterocycles. The standard InChI is InChI=1S/C45H52O8/c1-26-7-32(8-27(2)42(26)50-22-38-18-46-38)14-36-16-34(11-30(5)44(36)52-24-40-20-48-40)13-35-12-31(6)45(53-25-41-21-49-41)37(17-35)15-33-9-28(3)43(29(4)10-33)51-23-39-19-47-39/h7-12,16-17,38-41H,13-15,18-25H2,1-6H3. The molecule has 0 radical (unpaired) electrons. The van der Waals surface area contributed by atoms with Crippen LogP contribution in [0.4, 0.5) is 0 Å². The maximum atomic E-state index is 6.45. The Kier molecular flexibility index (Phi) is 10.4. The Morgan fingerprint density at radius 2 is 0.623 bits per heavy atom. The van der Waals surface area contributed by atoms with Gasteiger partial charge in [-0.2, -0.15) is 0 Å². The summed E-state index contributed by atoms with van der Waals surface area (Å²) in [7, 11) is 0. The highest BCUT2D eigenvalue weighted by Gasteiger charge is 2.27. The lowest BCUT2D eigenvalue weighted by molar-refractivity contribution is 0.259. The van der Waals surface area contributed by atoms with Gasteiger partial charge in [-0.1, -0.05) is 48.5 Å². The smallest absolute Gasteiger partial charge is 0.125 e. The summed E-state index contributed by atoms with van der Waals surface area (Å²) in [5, 5.41) is 0. The van der Waals surface area contributed by atoms with Crippen molar-refractivity contribution >= 4 is 0 Å². The van der Waals surface area contributed by atoms with Crippen molar-refractivity contribution in [3.8, 4) is 23.0 Å². The normalized spacial score (nSPS) is 20.9. The fraction of sp³-hybridized carbons (Fsp3) is 0.467. The van der Waals surface area contributed by atoms with Crippen LogP contribution >= 0.6 is 0 Å². The molecule has 4 aliphatic heterocycles. The van der Waals surface area contributed by atoms with E-state index in [4.69, 9.17) is 37.9 Å². The van der Waals surface area contributed by atoms with E-state index in [2.05, 4.69) is 90.1 Å². The number of epoxide rings is 4. The molecule has 0 N–H and O–H groups in total. The van der Waals surface area contributed by atoms with E-state index in [-0.39, 0.29) is 24.4 Å². The Labute approximate surface area is 313 Å². The van der Waals surface area contributed by atoms with E-state index in [0.29, 0.717) is 26.4 Å². The molecule has 8 heteroatoms. The number of hydrogen-bond donors (Lipinski definition) is 0. The van der Waals surface area contributed by atoms with E-state index in [9.17, 15) is 0 Å². The largest absolute Gasteiger partial charge is 0.490 e. The molecule has 280 valence electrons. The number of hydrogen-bond acceptors (Lipinski definition) is 8. The molecule has 0 aromatic heterocycles. The van der Waals surface area contributed by atoms with Gasteiger partial charge in [-0.05, 0) is 115 Å². The fourth-order valence-electron chi connectivity index (χ4n) is 7.51. The summed E-state index contributed by atoms with van der Waals surface area (Å²) >= 11 is 0. The lowest BCUT2D eigenvalue weighted by Gasteiger charge is -2.19. The molecule has 0 amide bonds. The van der Waals surface area contributed by atoms with E-state index in [0.717, 1.165) is 102 Å². The summed E-state index contributed by atoms with van der Waals surface area (Å²) in [6.07, 6.45) is 3.12. The van der Waals surface area contributed by atoms with Gasteiger partial charge in [0.05, 0.1) is 26.4 Å². The molecule has 53 heavy (non-hydrogen) atoms. The second-order valence-electron chi connectivity index (χ2n) is 15.5. The van der Waals surface area contributed by atoms with Crippen molar-refractivity contribution in [3.05, 3.63) is 115 Å². The number of ether oxygens (including phenoxy) is 8. The second-order valence-corrected chi connectivity index (χ2v) is 15.5. The van der Waals surface area contributed by atoms with Crippen LogP contribution in [0.2, 0.25) is 0 Å². The first kappa shape index (κ1) is 35.9. The van der Waals surface area contributed by atoms with Gasteiger partial charge >= 0.3 is 0 Å². The highest BCUT2D eigenvalue weighted by molar-refractivity contribution is 5.53. The number of benzene rings is 4. The summed E-state index contributed by atoms with van der Waals surface area (Å²) in [4.78, 5) is 0. The van der Waals surface area contributed by atoms with Crippen LogP contribution in [0, 0.1) is 41.5 Å². The minimum Gasteiger partial charge on any atom is -0.490 e. The molecule has 0 bridgehead atoms. The maximum Gasteiger partial charge on any atom is 0.125 e. The van der Waals surface area contributed by atoms with E-state index in [1.54, 1.807) is 0 Å². The van der Waals surface area contributed by atoms with Gasteiger partial charge in [0, 0.05) is 12.8 Å². The van der Waals surface area contributed by atoms with Crippen LogP contribution in [0.3, 0.4) is 0 Å². The molecule has 8 nitrogen and oxygen atoms in total. The third kappa shape index (κ3) is 9.36. The molecule has 0 spiro atoms. The lowest BCUT2D eigenvalue weighted by atomic mass is 9.92. The average Bonchev–Trinajstić information content (AvgIpc) is 3.90. The molecule has 4 unspecified atom stereocenters. The van der Waals surface area contributed by atoms with Gasteiger partial charge in [0.2, 0.25) is 0 Å². The minimum absolute atomic E-state index is 0.181. The highest BCUT2D eigenvalue weighted by atomic mass is 16.6. The van der Waals surface area contributed by atoms with Gasteiger partial charge in [-0.15, -0.1) is 0 Å². The van der Waals surface area contributed by atoms with Crippen LogP contribution in [-0.4, -0.2) is 77.3 Å². The van der Waals surface area contributed by atoms with Crippen molar-refractivity contribution in [2.24, 2.45) is 0 Å². The Morgan fingerprint density at radius 1 is 0.377 bits per heavy atom. The van der Waals surface area contributed by atoms with Crippen LogP contribution in [-0.2, 0) is 38.2 Å². The van der Waals surface area contributed by atoms with Gasteiger partial charge in [0.1, 0.15) is 73.8 Å². The van der Waals surface area contributed by atoms with E-state index >= 15 is 0 Å². The predicted molar refractivity (Wildman–Crippen MR) is 204 cm³/mol. The predicted octanol–water partition coefficient (Wildman–Crippen LogP) is 7.42. The zero-order chi connectivity index (χ0) is 36.6. The summed E-state index contributed by atoms with van der Waals surface area (Å²) in [6.45, 7) is 18.3. The zero-order valence-corrected chi connectivity index (χ0v) is 32.0. The minimum atomic E-state index is 0.181. The molecular formula is C45H52O8. The van der Waals surface area contributed by atoms with E-state index < -0.39 is 0 Å². The van der Waals surface area contributed by atoms with Gasteiger partial charge in [0.25, 0.3) is 0 Å². The lowest BCUT2D eigenvalue weighted by Crippen LogP contribution is -2.10. The van der Waals surface area contributed by atoms with Gasteiger partial charge in [-0.25, -0.2) is 0 Å². The second kappa shape index (κ2) is 15.3. The zero-order valence-electron chi connectivity index (χ0n) is 32.0.